The van der Waals surface area contributed by atoms with Crippen molar-refractivity contribution in [3.63, 3.8) is 0 Å². The van der Waals surface area contributed by atoms with E-state index in [9.17, 15) is 4.21 Å². The van der Waals surface area contributed by atoms with Gasteiger partial charge >= 0.3 is 0 Å². The second kappa shape index (κ2) is 7.53. The maximum atomic E-state index is 12.4. The van der Waals surface area contributed by atoms with Gasteiger partial charge in [0.1, 0.15) is 0 Å². The summed E-state index contributed by atoms with van der Waals surface area (Å²) in [6.45, 7) is 4.15. The minimum Gasteiger partial charge on any atom is -0.312 e. The van der Waals surface area contributed by atoms with Crippen molar-refractivity contribution in [2.24, 2.45) is 0 Å². The van der Waals surface area contributed by atoms with Crippen LogP contribution in [0.25, 0.3) is 0 Å². The Bertz CT molecular complexity index is 607. The third-order valence-corrected chi connectivity index (χ3v) is 5.10. The van der Waals surface area contributed by atoms with Crippen molar-refractivity contribution in [3.05, 3.63) is 70.8 Å². The van der Waals surface area contributed by atoms with Crippen molar-refractivity contribution in [2.75, 3.05) is 12.8 Å². The van der Waals surface area contributed by atoms with Crippen LogP contribution in [0.5, 0.6) is 0 Å². The molecule has 0 heterocycles. The van der Waals surface area contributed by atoms with E-state index in [4.69, 9.17) is 0 Å². The van der Waals surface area contributed by atoms with E-state index < -0.39 is 10.8 Å². The minimum absolute atomic E-state index is 0.135. The fraction of sp³-hybridized carbons (Fsp3) is 0.333. The highest BCUT2D eigenvalue weighted by molar-refractivity contribution is 7.84. The molecular formula is C18H23NOS. The van der Waals surface area contributed by atoms with E-state index in [1.54, 1.807) is 0 Å². The molecule has 0 aromatic heterocycles. The highest BCUT2D eigenvalue weighted by Gasteiger charge is 2.14. The Morgan fingerprint density at radius 3 is 2.33 bits per heavy atom. The first kappa shape index (κ1) is 15.9. The first-order chi connectivity index (χ1) is 10.1. The monoisotopic (exact) mass is 301 g/mol. The van der Waals surface area contributed by atoms with Gasteiger partial charge in [-0.2, -0.15) is 0 Å². The van der Waals surface area contributed by atoms with Crippen LogP contribution in [0.1, 0.15) is 28.3 Å². The van der Waals surface area contributed by atoms with Gasteiger partial charge in [-0.05, 0) is 37.6 Å². The molecule has 0 fully saturated rings. The van der Waals surface area contributed by atoms with Crippen molar-refractivity contribution in [3.8, 4) is 0 Å². The van der Waals surface area contributed by atoms with E-state index in [1.807, 2.05) is 19.2 Å². The second-order valence-electron chi connectivity index (χ2n) is 5.43. The summed E-state index contributed by atoms with van der Waals surface area (Å²) in [6.07, 6.45) is 0. The Hall–Kier alpha value is -1.45. The first-order valence-electron chi connectivity index (χ1n) is 7.23. The Labute approximate surface area is 130 Å². The Balaban J connectivity index is 2.03. The molecule has 0 aliphatic carbocycles. The van der Waals surface area contributed by atoms with E-state index in [0.717, 1.165) is 0 Å². The van der Waals surface area contributed by atoms with E-state index in [-0.39, 0.29) is 6.04 Å². The molecule has 2 aromatic rings. The molecule has 0 spiro atoms. The second-order valence-corrected chi connectivity index (χ2v) is 6.93. The van der Waals surface area contributed by atoms with Crippen molar-refractivity contribution in [1.82, 2.24) is 5.32 Å². The summed E-state index contributed by atoms with van der Waals surface area (Å²) in [5, 5.41) is 3.28. The Morgan fingerprint density at radius 2 is 1.71 bits per heavy atom. The lowest BCUT2D eigenvalue weighted by Crippen LogP contribution is -2.23. The molecule has 0 saturated carbocycles. The van der Waals surface area contributed by atoms with Crippen molar-refractivity contribution in [2.45, 2.75) is 25.6 Å². The van der Waals surface area contributed by atoms with Crippen molar-refractivity contribution >= 4 is 10.8 Å². The molecular weight excluding hydrogens is 278 g/mol. The highest BCUT2D eigenvalue weighted by Crippen LogP contribution is 2.17. The molecule has 0 aliphatic heterocycles. The van der Waals surface area contributed by atoms with Crippen LogP contribution in [0.2, 0.25) is 0 Å². The van der Waals surface area contributed by atoms with Crippen LogP contribution < -0.4 is 5.32 Å². The predicted octanol–water partition coefficient (Wildman–Crippen LogP) is 3.51. The highest BCUT2D eigenvalue weighted by atomic mass is 32.2. The minimum atomic E-state index is -0.880. The zero-order valence-electron chi connectivity index (χ0n) is 12.9. The van der Waals surface area contributed by atoms with Gasteiger partial charge in [0.15, 0.2) is 0 Å². The van der Waals surface area contributed by atoms with Gasteiger partial charge in [-0.1, -0.05) is 54.1 Å². The van der Waals surface area contributed by atoms with Gasteiger partial charge in [0.05, 0.1) is 0 Å². The van der Waals surface area contributed by atoms with Crippen LogP contribution in [-0.4, -0.2) is 17.0 Å². The van der Waals surface area contributed by atoms with Crippen LogP contribution in [0.3, 0.4) is 0 Å². The lowest BCUT2D eigenvalue weighted by atomic mass is 10.1. The first-order valence-corrected chi connectivity index (χ1v) is 8.72. The van der Waals surface area contributed by atoms with Gasteiger partial charge in [0, 0.05) is 28.3 Å². The predicted molar refractivity (Wildman–Crippen MR) is 90.9 cm³/mol. The number of hydrogen-bond donors (Lipinski definition) is 1. The summed E-state index contributed by atoms with van der Waals surface area (Å²) in [7, 11) is 1.05. The average Bonchev–Trinajstić information content (AvgIpc) is 2.48. The molecule has 1 N–H and O–H groups in total. The quantitative estimate of drug-likeness (QED) is 0.884. The molecule has 2 aromatic carbocycles. The van der Waals surface area contributed by atoms with Crippen LogP contribution in [0.4, 0.5) is 0 Å². The lowest BCUT2D eigenvalue weighted by Gasteiger charge is -2.17. The number of benzene rings is 2. The topological polar surface area (TPSA) is 29.1 Å². The average molecular weight is 301 g/mol. The largest absolute Gasteiger partial charge is 0.312 e. The molecule has 112 valence electrons. The third kappa shape index (κ3) is 4.51. The zero-order chi connectivity index (χ0) is 15.2. The molecule has 2 nitrogen and oxygen atoms in total. The van der Waals surface area contributed by atoms with Gasteiger partial charge in [0.25, 0.3) is 0 Å². The normalized spacial score (nSPS) is 13.9. The summed E-state index contributed by atoms with van der Waals surface area (Å²) in [4.78, 5) is 0. The Morgan fingerprint density at radius 1 is 1.05 bits per heavy atom. The molecule has 2 unspecified atom stereocenters. The molecule has 0 bridgehead atoms. The van der Waals surface area contributed by atoms with Gasteiger partial charge in [-0.15, -0.1) is 0 Å². The molecule has 0 aliphatic rings. The Kier molecular flexibility index (Phi) is 5.71. The third-order valence-electron chi connectivity index (χ3n) is 3.76. The number of rotatable bonds is 6. The molecule has 0 amide bonds. The molecule has 2 atom stereocenters. The number of nitrogens with one attached hydrogen (secondary N) is 1. The summed E-state index contributed by atoms with van der Waals surface area (Å²) < 4.78 is 12.4. The lowest BCUT2D eigenvalue weighted by molar-refractivity contribution is 0.635. The van der Waals surface area contributed by atoms with E-state index in [2.05, 4.69) is 55.6 Å². The van der Waals surface area contributed by atoms with Gasteiger partial charge in [-0.3, -0.25) is 4.21 Å². The molecule has 3 heteroatoms. The summed E-state index contributed by atoms with van der Waals surface area (Å²) in [5.74, 6) is 1.25. The molecule has 0 radical (unpaired) electrons. The number of aryl methyl sites for hydroxylation is 2. The maximum absolute atomic E-state index is 12.4. The van der Waals surface area contributed by atoms with E-state index >= 15 is 0 Å². The summed E-state index contributed by atoms with van der Waals surface area (Å²) in [5.41, 5.74) is 4.83. The smallest absolute Gasteiger partial charge is 0.0489 e. The van der Waals surface area contributed by atoms with Crippen molar-refractivity contribution in [1.29, 1.82) is 0 Å². The van der Waals surface area contributed by atoms with Crippen molar-refractivity contribution < 1.29 is 4.21 Å². The van der Waals surface area contributed by atoms with Crippen LogP contribution in [0, 0.1) is 13.8 Å². The summed E-state index contributed by atoms with van der Waals surface area (Å²) in [6, 6.07) is 16.7. The molecule has 2 rings (SSSR count). The number of hydrogen-bond acceptors (Lipinski definition) is 2. The molecule has 0 saturated heterocycles. The zero-order valence-corrected chi connectivity index (χ0v) is 13.7. The molecule has 21 heavy (non-hydrogen) atoms. The fourth-order valence-electron chi connectivity index (χ4n) is 2.34. The van der Waals surface area contributed by atoms with Crippen LogP contribution >= 0.6 is 0 Å². The fourth-order valence-corrected chi connectivity index (χ4v) is 3.85. The van der Waals surface area contributed by atoms with Gasteiger partial charge < -0.3 is 5.32 Å². The van der Waals surface area contributed by atoms with E-state index in [0.29, 0.717) is 11.5 Å². The van der Waals surface area contributed by atoms with Crippen LogP contribution in [0.15, 0.2) is 48.5 Å². The summed E-state index contributed by atoms with van der Waals surface area (Å²) >= 11 is 0. The van der Waals surface area contributed by atoms with E-state index in [1.165, 1.54) is 22.3 Å². The maximum Gasteiger partial charge on any atom is 0.0489 e. The van der Waals surface area contributed by atoms with Gasteiger partial charge in [-0.25, -0.2) is 0 Å². The standard InChI is InChI=1S/C18H23NOS/c1-14-8-10-16(11-9-14)18(19-3)13-21(20)12-17-7-5-4-6-15(17)2/h4-11,18-19H,12-13H2,1-3H3. The van der Waals surface area contributed by atoms with Gasteiger partial charge in [0.2, 0.25) is 0 Å². The SMILES string of the molecule is CNC(CS(=O)Cc1ccccc1C)c1ccc(C)cc1. The van der Waals surface area contributed by atoms with Crippen LogP contribution in [-0.2, 0) is 16.6 Å².